The van der Waals surface area contributed by atoms with Crippen LogP contribution in [0.15, 0.2) is 152 Å². The van der Waals surface area contributed by atoms with E-state index >= 15 is 0 Å². The van der Waals surface area contributed by atoms with E-state index in [2.05, 4.69) is 118 Å². The summed E-state index contributed by atoms with van der Waals surface area (Å²) >= 11 is 0. The van der Waals surface area contributed by atoms with Gasteiger partial charge in [0, 0.05) is 90.6 Å². The normalized spacial score (nSPS) is 13.3. The van der Waals surface area contributed by atoms with E-state index in [1.807, 2.05) is 95.6 Å². The largest absolute Gasteiger partial charge is 0.493 e. The van der Waals surface area contributed by atoms with Crippen LogP contribution in [0.5, 0.6) is 11.5 Å². The monoisotopic (exact) mass is 1110 g/mol. The Labute approximate surface area is 483 Å². The fraction of sp³-hybridized carbons (Fsp3) is 0.275. The average Bonchev–Trinajstić information content (AvgIpc) is 2.93. The van der Waals surface area contributed by atoms with Gasteiger partial charge in [0.15, 0.2) is 0 Å². The van der Waals surface area contributed by atoms with Crippen molar-refractivity contribution in [2.24, 2.45) is 14.1 Å². The van der Waals surface area contributed by atoms with Crippen molar-refractivity contribution in [3.8, 4) is 33.8 Å². The first-order chi connectivity index (χ1) is 40.5. The van der Waals surface area contributed by atoms with Gasteiger partial charge < -0.3 is 39.0 Å². The van der Waals surface area contributed by atoms with Crippen molar-refractivity contribution < 1.29 is 29.3 Å². The molecule has 0 radical (unpaired) electrons. The molecule has 0 bridgehead atoms. The number of carbonyl (C=O) groups is 2. The number of ether oxygens (including phenoxy) is 2. The molecule has 2 aliphatic rings. The maximum absolute atomic E-state index is 13.0. The Balaban J connectivity index is 0.000000166. The molecule has 2 aliphatic heterocycles. The molecule has 0 fully saturated rings. The molecular weight excluding hydrogens is 1040 g/mol. The van der Waals surface area contributed by atoms with E-state index in [4.69, 9.17) is 14.6 Å². The molecule has 83 heavy (non-hydrogen) atoms. The van der Waals surface area contributed by atoms with Gasteiger partial charge in [-0.2, -0.15) is 10.2 Å². The highest BCUT2D eigenvalue weighted by atomic mass is 16.5. The van der Waals surface area contributed by atoms with Crippen LogP contribution >= 0.6 is 0 Å². The smallest absolute Gasteiger partial charge is 0.352 e. The standard InChI is InChI=1S/C38H38N4O3.C31H32N4O3/c1-26-34-32-19-11-18-30-31(20-12-24-45-33-21-10-16-28-15-6-7-17-29(28)33)36(38(43)44)42(35(30)32)23-9-8-22-41(37(34)40(2)39-26)25-27-13-4-3-5-14-27;1-20-27-25-14-8-13-23-24(15-9-19-38-26-16-7-11-21-10-3-4-12-22(21)26)29(31(36)37)35(28(23)25)18-6-5-17-32-30(27)34(2)33-20/h3-7,10-11,13-19,21H,8-9,12,20,22-25H2,1-2H3,(H,43,44);3-4,7-8,10-14,16,32H,5-6,9,15,17-19H2,1-2H3,(H,36,37). The Hall–Kier alpha value is -9.30. The number of para-hydroxylation sites is 2. The van der Waals surface area contributed by atoms with E-state index in [-0.39, 0.29) is 0 Å². The second-order valence-electron chi connectivity index (χ2n) is 21.9. The first-order valence-corrected chi connectivity index (χ1v) is 29.1. The second kappa shape index (κ2) is 23.7. The Bertz CT molecular complexity index is 4200. The zero-order valence-electron chi connectivity index (χ0n) is 47.7. The van der Waals surface area contributed by atoms with E-state index in [0.717, 1.165) is 157 Å². The van der Waals surface area contributed by atoms with E-state index in [1.54, 1.807) is 0 Å². The molecule has 14 heteroatoms. The molecule has 0 amide bonds. The number of aromatic nitrogens is 6. The summed E-state index contributed by atoms with van der Waals surface area (Å²) in [7, 11) is 3.96. The highest BCUT2D eigenvalue weighted by Gasteiger charge is 2.31. The van der Waals surface area contributed by atoms with Crippen LogP contribution in [0, 0.1) is 13.8 Å². The van der Waals surface area contributed by atoms with Gasteiger partial charge in [0.2, 0.25) is 0 Å². The molecule has 0 saturated heterocycles. The molecule has 0 spiro atoms. The fourth-order valence-electron chi connectivity index (χ4n) is 13.1. The summed E-state index contributed by atoms with van der Waals surface area (Å²) in [5.74, 6) is 2.00. The summed E-state index contributed by atoms with van der Waals surface area (Å²) in [6, 6.07) is 51.6. The van der Waals surface area contributed by atoms with Crippen LogP contribution in [0.2, 0.25) is 0 Å². The fourth-order valence-corrected chi connectivity index (χ4v) is 13.1. The van der Waals surface area contributed by atoms with Gasteiger partial charge in [0.05, 0.1) is 35.6 Å². The van der Waals surface area contributed by atoms with Crippen LogP contribution < -0.4 is 19.7 Å². The molecule has 0 atom stereocenters. The highest BCUT2D eigenvalue weighted by molar-refractivity contribution is 6.07. The maximum atomic E-state index is 13.0. The molecule has 6 heterocycles. The lowest BCUT2D eigenvalue weighted by Crippen LogP contribution is -2.27. The number of rotatable bonds is 14. The quantitative estimate of drug-likeness (QED) is 0.0897. The van der Waals surface area contributed by atoms with Crippen molar-refractivity contribution in [1.29, 1.82) is 0 Å². The summed E-state index contributed by atoms with van der Waals surface area (Å²) in [5.41, 5.74) is 11.8. The summed E-state index contributed by atoms with van der Waals surface area (Å²) in [5, 5.41) is 40.6. The van der Waals surface area contributed by atoms with Gasteiger partial charge >= 0.3 is 11.9 Å². The Kier molecular flexibility index (Phi) is 15.5. The van der Waals surface area contributed by atoms with Crippen LogP contribution in [-0.2, 0) is 46.6 Å². The molecule has 14 nitrogen and oxygen atoms in total. The molecule has 0 saturated carbocycles. The summed E-state index contributed by atoms with van der Waals surface area (Å²) < 4.78 is 20.4. The Morgan fingerprint density at radius 3 is 1.58 bits per heavy atom. The zero-order valence-corrected chi connectivity index (χ0v) is 47.7. The third-order valence-electron chi connectivity index (χ3n) is 16.6. The van der Waals surface area contributed by atoms with Crippen molar-refractivity contribution in [3.05, 3.63) is 191 Å². The second-order valence-corrected chi connectivity index (χ2v) is 21.9. The van der Waals surface area contributed by atoms with Crippen molar-refractivity contribution in [1.82, 2.24) is 28.7 Å². The van der Waals surface area contributed by atoms with Crippen LogP contribution in [-0.4, -0.2) is 77.2 Å². The van der Waals surface area contributed by atoms with Crippen molar-refractivity contribution >= 4 is 66.9 Å². The molecule has 7 aromatic carbocycles. The van der Waals surface area contributed by atoms with E-state index < -0.39 is 11.9 Å². The van der Waals surface area contributed by atoms with Gasteiger partial charge in [-0.05, 0) is 105 Å². The topological polar surface area (TPSA) is 154 Å². The molecule has 11 aromatic rings. The van der Waals surface area contributed by atoms with Crippen molar-refractivity contribution in [2.75, 3.05) is 36.5 Å². The molecule has 3 N–H and O–H groups in total. The maximum Gasteiger partial charge on any atom is 0.352 e. The van der Waals surface area contributed by atoms with Gasteiger partial charge in [-0.3, -0.25) is 9.36 Å². The molecule has 0 aliphatic carbocycles. The number of nitrogens with one attached hydrogen (secondary N) is 1. The molecular formula is C69H70N8O6. The first kappa shape index (κ1) is 54.3. The van der Waals surface area contributed by atoms with E-state index in [0.29, 0.717) is 63.4 Å². The van der Waals surface area contributed by atoms with Gasteiger partial charge in [0.25, 0.3) is 0 Å². The van der Waals surface area contributed by atoms with Gasteiger partial charge in [-0.25, -0.2) is 9.59 Å². The molecule has 13 rings (SSSR count). The predicted molar refractivity (Wildman–Crippen MR) is 332 cm³/mol. The molecule has 0 unspecified atom stereocenters. The van der Waals surface area contributed by atoms with E-state index in [9.17, 15) is 19.8 Å². The lowest BCUT2D eigenvalue weighted by Gasteiger charge is -2.28. The van der Waals surface area contributed by atoms with Crippen molar-refractivity contribution in [2.45, 2.75) is 84.8 Å². The van der Waals surface area contributed by atoms with Gasteiger partial charge in [-0.15, -0.1) is 0 Å². The number of carboxylic acid groups (broad SMARTS) is 2. The third-order valence-corrected chi connectivity index (χ3v) is 16.6. The predicted octanol–water partition coefficient (Wildman–Crippen LogP) is 14.4. The third kappa shape index (κ3) is 10.5. The number of fused-ring (bicyclic) bond motifs is 6. The Morgan fingerprint density at radius 2 is 1.00 bits per heavy atom. The minimum atomic E-state index is -0.881. The number of aryl methyl sites for hydroxylation is 8. The number of nitrogens with zero attached hydrogens (tertiary/aromatic N) is 7. The number of hydrogen-bond donors (Lipinski definition) is 3. The lowest BCUT2D eigenvalue weighted by molar-refractivity contribution is 0.0673. The summed E-state index contributed by atoms with van der Waals surface area (Å²) in [6.45, 7) is 8.85. The number of aromatic carboxylic acids is 2. The van der Waals surface area contributed by atoms with Crippen LogP contribution in [0.4, 0.5) is 11.6 Å². The van der Waals surface area contributed by atoms with E-state index in [1.165, 1.54) is 5.56 Å². The molecule has 4 aromatic heterocycles. The lowest BCUT2D eigenvalue weighted by atomic mass is 9.99. The van der Waals surface area contributed by atoms with Gasteiger partial charge in [-0.1, -0.05) is 140 Å². The number of benzene rings is 7. The zero-order chi connectivity index (χ0) is 57.1. The highest BCUT2D eigenvalue weighted by Crippen LogP contribution is 2.44. The van der Waals surface area contributed by atoms with Crippen molar-refractivity contribution in [3.63, 3.8) is 0 Å². The van der Waals surface area contributed by atoms with Crippen LogP contribution in [0.1, 0.15) is 87.6 Å². The first-order valence-electron chi connectivity index (χ1n) is 29.1. The van der Waals surface area contributed by atoms with Gasteiger partial charge in [0.1, 0.15) is 34.5 Å². The summed E-state index contributed by atoms with van der Waals surface area (Å²) in [6.07, 6.45) is 6.29. The SMILES string of the molecule is Cc1nn(C)c2c1-c1cccc3c(CCCOc4cccc5ccccc45)c(C(=O)O)n(c13)CCCCN2.Cc1nn(C)c2c1-c1cccc3c(CCCOc4cccc5ccccc45)c(C(=O)O)n(c13)CCCCN2Cc1ccccc1. The number of carboxylic acids is 2. The Morgan fingerprint density at radius 1 is 0.530 bits per heavy atom. The average molecular weight is 1110 g/mol. The molecule has 422 valence electrons. The minimum absolute atomic E-state index is 0.396. The van der Waals surface area contributed by atoms with Crippen LogP contribution in [0.3, 0.4) is 0 Å². The number of anilines is 2. The number of hydrogen-bond acceptors (Lipinski definition) is 8. The van der Waals surface area contributed by atoms with Crippen LogP contribution in [0.25, 0.3) is 65.6 Å². The minimum Gasteiger partial charge on any atom is -0.493 e. The summed E-state index contributed by atoms with van der Waals surface area (Å²) in [4.78, 5) is 28.1.